The summed E-state index contributed by atoms with van der Waals surface area (Å²) in [6, 6.07) is 0. The smallest absolute Gasteiger partial charge is 0.333 e. The Morgan fingerprint density at radius 1 is 1.50 bits per heavy atom. The molecule has 0 radical (unpaired) electrons. The Bertz CT molecular complexity index is 445. The summed E-state index contributed by atoms with van der Waals surface area (Å²) in [5.41, 5.74) is 0.485. The van der Waals surface area contributed by atoms with Crippen LogP contribution in [0.25, 0.3) is 0 Å². The molecule has 20 heavy (non-hydrogen) atoms. The van der Waals surface area contributed by atoms with E-state index in [0.29, 0.717) is 36.9 Å². The molecule has 0 saturated heterocycles. The van der Waals surface area contributed by atoms with Crippen molar-refractivity contribution < 1.29 is 10.0 Å². The van der Waals surface area contributed by atoms with Gasteiger partial charge in [0.1, 0.15) is 5.69 Å². The van der Waals surface area contributed by atoms with Crippen molar-refractivity contribution >= 4 is 11.5 Å². The van der Waals surface area contributed by atoms with Crippen LogP contribution in [0, 0.1) is 23.0 Å². The summed E-state index contributed by atoms with van der Waals surface area (Å²) >= 11 is 0. The molecule has 1 rings (SSSR count). The lowest BCUT2D eigenvalue weighted by Gasteiger charge is -2.15. The Balaban J connectivity index is 2.92. The molecular formula is C13H24N4O3. The summed E-state index contributed by atoms with van der Waals surface area (Å²) in [6.07, 6.45) is 2.47. The highest BCUT2D eigenvalue weighted by Gasteiger charge is 2.25. The molecule has 7 nitrogen and oxygen atoms in total. The molecule has 1 heterocycles. The van der Waals surface area contributed by atoms with Gasteiger partial charge in [0.25, 0.3) is 0 Å². The van der Waals surface area contributed by atoms with E-state index in [9.17, 15) is 10.1 Å². The average molecular weight is 284 g/mol. The molecule has 1 atom stereocenters. The maximum absolute atomic E-state index is 11.2. The zero-order chi connectivity index (χ0) is 15.1. The minimum Gasteiger partial charge on any atom is -0.396 e. The maximum atomic E-state index is 11.2. The van der Waals surface area contributed by atoms with Gasteiger partial charge in [0.05, 0.1) is 4.92 Å². The highest BCUT2D eigenvalue weighted by molar-refractivity contribution is 5.59. The van der Waals surface area contributed by atoms with E-state index >= 15 is 0 Å². The van der Waals surface area contributed by atoms with Gasteiger partial charge in [-0.2, -0.15) is 5.10 Å². The van der Waals surface area contributed by atoms with Gasteiger partial charge in [0, 0.05) is 19.7 Å². The molecule has 114 valence electrons. The van der Waals surface area contributed by atoms with Gasteiger partial charge in [-0.25, -0.2) is 4.68 Å². The molecule has 0 spiro atoms. The molecular weight excluding hydrogens is 260 g/mol. The van der Waals surface area contributed by atoms with Crippen molar-refractivity contribution in [1.82, 2.24) is 9.78 Å². The minimum atomic E-state index is -0.385. The third-order valence-corrected chi connectivity index (χ3v) is 3.39. The number of anilines is 1. The van der Waals surface area contributed by atoms with Crippen molar-refractivity contribution in [3.63, 3.8) is 0 Å². The monoisotopic (exact) mass is 284 g/mol. The van der Waals surface area contributed by atoms with Gasteiger partial charge in [-0.05, 0) is 25.7 Å². The van der Waals surface area contributed by atoms with E-state index in [-0.39, 0.29) is 17.2 Å². The van der Waals surface area contributed by atoms with Crippen molar-refractivity contribution in [1.29, 1.82) is 0 Å². The van der Waals surface area contributed by atoms with E-state index < -0.39 is 0 Å². The van der Waals surface area contributed by atoms with Gasteiger partial charge in [0.15, 0.2) is 0 Å². The van der Waals surface area contributed by atoms with Crippen molar-refractivity contribution in [2.75, 3.05) is 18.5 Å². The molecule has 7 heteroatoms. The van der Waals surface area contributed by atoms with Gasteiger partial charge < -0.3 is 10.4 Å². The van der Waals surface area contributed by atoms with Crippen LogP contribution in [0.5, 0.6) is 0 Å². The lowest BCUT2D eigenvalue weighted by atomic mass is 10.0. The maximum Gasteiger partial charge on any atom is 0.333 e. The first-order valence-electron chi connectivity index (χ1n) is 7.11. The Morgan fingerprint density at radius 2 is 2.20 bits per heavy atom. The van der Waals surface area contributed by atoms with Gasteiger partial charge in [-0.1, -0.05) is 20.3 Å². The molecule has 0 bridgehead atoms. The third kappa shape index (κ3) is 3.93. The predicted molar refractivity (Wildman–Crippen MR) is 77.9 cm³/mol. The van der Waals surface area contributed by atoms with E-state index in [1.54, 1.807) is 11.6 Å². The first kappa shape index (κ1) is 16.4. The zero-order valence-electron chi connectivity index (χ0n) is 12.4. The lowest BCUT2D eigenvalue weighted by molar-refractivity contribution is -0.384. The van der Waals surface area contributed by atoms with Crippen molar-refractivity contribution in [2.24, 2.45) is 5.92 Å². The quantitative estimate of drug-likeness (QED) is 0.536. The molecule has 0 aromatic carbocycles. The van der Waals surface area contributed by atoms with Crippen LogP contribution < -0.4 is 5.32 Å². The van der Waals surface area contributed by atoms with Gasteiger partial charge in [-0.3, -0.25) is 10.1 Å². The summed E-state index contributed by atoms with van der Waals surface area (Å²) in [4.78, 5) is 10.8. The van der Waals surface area contributed by atoms with E-state index in [4.69, 9.17) is 5.11 Å². The fourth-order valence-corrected chi connectivity index (χ4v) is 2.21. The zero-order valence-corrected chi connectivity index (χ0v) is 12.4. The van der Waals surface area contributed by atoms with Crippen LogP contribution in [0.4, 0.5) is 11.5 Å². The van der Waals surface area contributed by atoms with Crippen LogP contribution in [-0.2, 0) is 6.54 Å². The molecule has 0 amide bonds. The number of nitrogens with zero attached hydrogens (tertiary/aromatic N) is 3. The first-order valence-corrected chi connectivity index (χ1v) is 7.11. The average Bonchev–Trinajstić information content (AvgIpc) is 2.71. The summed E-state index contributed by atoms with van der Waals surface area (Å²) in [5, 5.41) is 27.6. The highest BCUT2D eigenvalue weighted by atomic mass is 16.6. The van der Waals surface area contributed by atoms with E-state index in [1.807, 2.05) is 13.8 Å². The van der Waals surface area contributed by atoms with Crippen LogP contribution in [-0.4, -0.2) is 33.0 Å². The Labute approximate surface area is 119 Å². The number of aryl methyl sites for hydroxylation is 2. The van der Waals surface area contributed by atoms with Gasteiger partial charge in [-0.15, -0.1) is 0 Å². The van der Waals surface area contributed by atoms with Crippen LogP contribution in [0.15, 0.2) is 0 Å². The molecule has 0 saturated carbocycles. The van der Waals surface area contributed by atoms with Gasteiger partial charge in [0.2, 0.25) is 5.82 Å². The second-order valence-electron chi connectivity index (χ2n) is 4.93. The topological polar surface area (TPSA) is 93.2 Å². The summed E-state index contributed by atoms with van der Waals surface area (Å²) in [7, 11) is 0. The Kier molecular flexibility index (Phi) is 6.44. The largest absolute Gasteiger partial charge is 0.396 e. The predicted octanol–water partition coefficient (Wildman–Crippen LogP) is 2.33. The number of nitro groups is 1. The second kappa shape index (κ2) is 7.84. The fourth-order valence-electron chi connectivity index (χ4n) is 2.21. The van der Waals surface area contributed by atoms with E-state index in [2.05, 4.69) is 10.4 Å². The molecule has 1 aromatic rings. The Hall–Kier alpha value is -1.63. The highest BCUT2D eigenvalue weighted by Crippen LogP contribution is 2.28. The molecule has 0 aliphatic heterocycles. The molecule has 0 aliphatic carbocycles. The lowest BCUT2D eigenvalue weighted by Crippen LogP contribution is -2.18. The van der Waals surface area contributed by atoms with E-state index in [1.165, 1.54) is 0 Å². The number of rotatable bonds is 9. The number of hydrogen-bond donors (Lipinski definition) is 2. The van der Waals surface area contributed by atoms with Crippen molar-refractivity contribution in [3.05, 3.63) is 15.8 Å². The van der Waals surface area contributed by atoms with E-state index in [0.717, 1.165) is 12.8 Å². The molecule has 1 aromatic heterocycles. The fraction of sp³-hybridized carbons (Fsp3) is 0.769. The molecule has 1 unspecified atom stereocenters. The number of nitrogens with one attached hydrogen (secondary N) is 1. The van der Waals surface area contributed by atoms with Crippen LogP contribution in [0.3, 0.4) is 0 Å². The summed E-state index contributed by atoms with van der Waals surface area (Å²) < 4.78 is 1.67. The van der Waals surface area contributed by atoms with Gasteiger partial charge >= 0.3 is 5.69 Å². The molecule has 0 aliphatic rings. The molecule has 2 N–H and O–H groups in total. The minimum absolute atomic E-state index is 0.0531. The van der Waals surface area contributed by atoms with Crippen molar-refractivity contribution in [3.8, 4) is 0 Å². The van der Waals surface area contributed by atoms with Crippen LogP contribution >= 0.6 is 0 Å². The van der Waals surface area contributed by atoms with Crippen LogP contribution in [0.1, 0.15) is 38.8 Å². The summed E-state index contributed by atoms with van der Waals surface area (Å²) in [6.45, 7) is 7.09. The third-order valence-electron chi connectivity index (χ3n) is 3.39. The number of hydrogen-bond acceptors (Lipinski definition) is 5. The SMILES string of the molecule is CCCn1nc(C)c([N+](=O)[O-])c1NCC(CC)CCO. The Morgan fingerprint density at radius 3 is 2.70 bits per heavy atom. The second-order valence-corrected chi connectivity index (χ2v) is 4.93. The normalized spacial score (nSPS) is 12.4. The van der Waals surface area contributed by atoms with Crippen molar-refractivity contribution in [2.45, 2.75) is 46.6 Å². The summed E-state index contributed by atoms with van der Waals surface area (Å²) in [5.74, 6) is 0.774. The number of aliphatic hydroxyl groups excluding tert-OH is 1. The number of aliphatic hydroxyl groups is 1. The van der Waals surface area contributed by atoms with Crippen LogP contribution in [0.2, 0.25) is 0 Å². The molecule has 0 fully saturated rings. The standard InChI is InChI=1S/C13H24N4O3/c1-4-7-16-13(12(17(19)20)10(3)15-16)14-9-11(5-2)6-8-18/h11,14,18H,4-9H2,1-3H3. The first-order chi connectivity index (χ1) is 9.54. The number of aromatic nitrogens is 2.